The van der Waals surface area contributed by atoms with E-state index in [4.69, 9.17) is 10.5 Å². The number of carbonyl (C=O) groups excluding carboxylic acids is 1. The van der Waals surface area contributed by atoms with Crippen LogP contribution < -0.4 is 11.1 Å². The average molecular weight is 278 g/mol. The van der Waals surface area contributed by atoms with Crippen LogP contribution in [0.3, 0.4) is 0 Å². The van der Waals surface area contributed by atoms with E-state index in [2.05, 4.69) is 33.0 Å². The van der Waals surface area contributed by atoms with Crippen LogP contribution in [0.4, 0.5) is 11.4 Å². The van der Waals surface area contributed by atoms with Crippen molar-refractivity contribution in [1.29, 1.82) is 0 Å². The Kier molecular flexibility index (Phi) is 5.43. The quantitative estimate of drug-likeness (QED) is 0.617. The third-order valence-corrected chi connectivity index (χ3v) is 3.86. The van der Waals surface area contributed by atoms with Crippen molar-refractivity contribution in [2.75, 3.05) is 24.2 Å². The van der Waals surface area contributed by atoms with Crippen LogP contribution in [0.5, 0.6) is 0 Å². The molecule has 3 N–H and O–H groups in total. The highest BCUT2D eigenvalue weighted by atomic mass is 16.5. The molecule has 112 valence electrons. The number of nitrogens with one attached hydrogen (secondary N) is 1. The topological polar surface area (TPSA) is 64.3 Å². The van der Waals surface area contributed by atoms with Gasteiger partial charge in [-0.2, -0.15) is 0 Å². The summed E-state index contributed by atoms with van der Waals surface area (Å²) in [4.78, 5) is 11.7. The minimum atomic E-state index is -0.321. The number of anilines is 2. The molecule has 0 saturated heterocycles. The average Bonchev–Trinajstić information content (AvgIpc) is 2.37. The lowest BCUT2D eigenvalue weighted by molar-refractivity contribution is 0.0526. The first-order chi connectivity index (χ1) is 9.27. The van der Waals surface area contributed by atoms with Crippen LogP contribution in [0, 0.1) is 11.3 Å². The zero-order valence-electron chi connectivity index (χ0n) is 13.1. The molecule has 0 bridgehead atoms. The van der Waals surface area contributed by atoms with Gasteiger partial charge in [-0.05, 0) is 36.5 Å². The van der Waals surface area contributed by atoms with Gasteiger partial charge in [-0.1, -0.05) is 27.7 Å². The van der Waals surface area contributed by atoms with Gasteiger partial charge in [-0.15, -0.1) is 0 Å². The monoisotopic (exact) mass is 278 g/mol. The van der Waals surface area contributed by atoms with E-state index >= 15 is 0 Å². The molecule has 4 nitrogen and oxygen atoms in total. The number of ether oxygens (including phenoxy) is 1. The van der Waals surface area contributed by atoms with Crippen molar-refractivity contribution in [2.24, 2.45) is 11.3 Å². The van der Waals surface area contributed by atoms with Crippen molar-refractivity contribution >= 4 is 17.3 Å². The second-order valence-electron chi connectivity index (χ2n) is 6.02. The molecular weight excluding hydrogens is 252 g/mol. The van der Waals surface area contributed by atoms with E-state index < -0.39 is 0 Å². The molecule has 0 aromatic heterocycles. The van der Waals surface area contributed by atoms with Crippen molar-refractivity contribution in [3.05, 3.63) is 23.8 Å². The largest absolute Gasteiger partial charge is 0.462 e. The first kappa shape index (κ1) is 16.3. The summed E-state index contributed by atoms with van der Waals surface area (Å²) in [6, 6.07) is 5.17. The Labute approximate surface area is 121 Å². The molecule has 0 aliphatic carbocycles. The fourth-order valence-corrected chi connectivity index (χ4v) is 1.58. The predicted molar refractivity (Wildman–Crippen MR) is 83.9 cm³/mol. The maximum absolute atomic E-state index is 11.7. The molecular formula is C16H26N2O2. The molecule has 0 atom stereocenters. The fourth-order valence-electron chi connectivity index (χ4n) is 1.58. The van der Waals surface area contributed by atoms with E-state index in [1.165, 1.54) is 0 Å². The SMILES string of the molecule is CCOC(=O)c1ccc(N)c(NCC(C)(C)C(C)C)c1. The lowest BCUT2D eigenvalue weighted by atomic mass is 9.81. The molecule has 1 aromatic rings. The molecule has 0 saturated carbocycles. The van der Waals surface area contributed by atoms with Crippen molar-refractivity contribution in [3.63, 3.8) is 0 Å². The summed E-state index contributed by atoms with van der Waals surface area (Å²) in [7, 11) is 0. The molecule has 4 heteroatoms. The smallest absolute Gasteiger partial charge is 0.338 e. The molecule has 1 rings (SSSR count). The van der Waals surface area contributed by atoms with E-state index in [0.29, 0.717) is 23.8 Å². The van der Waals surface area contributed by atoms with E-state index in [9.17, 15) is 4.79 Å². The molecule has 0 spiro atoms. The Morgan fingerprint density at radius 2 is 2.05 bits per heavy atom. The number of carbonyl (C=O) groups is 1. The highest BCUT2D eigenvalue weighted by Crippen LogP contribution is 2.28. The lowest BCUT2D eigenvalue weighted by Gasteiger charge is -2.30. The van der Waals surface area contributed by atoms with Crippen molar-refractivity contribution in [2.45, 2.75) is 34.6 Å². The Balaban J connectivity index is 2.85. The second kappa shape index (κ2) is 6.64. The standard InChI is InChI=1S/C16H26N2O2/c1-6-20-15(19)12-7-8-13(17)14(9-12)18-10-16(4,5)11(2)3/h7-9,11,18H,6,10,17H2,1-5H3. The minimum absolute atomic E-state index is 0.145. The Morgan fingerprint density at radius 3 is 2.60 bits per heavy atom. The molecule has 0 amide bonds. The first-order valence-electron chi connectivity index (χ1n) is 7.08. The summed E-state index contributed by atoms with van der Waals surface area (Å²) in [5.74, 6) is 0.225. The number of esters is 1. The van der Waals surface area contributed by atoms with E-state index in [0.717, 1.165) is 12.2 Å². The van der Waals surface area contributed by atoms with Crippen LogP contribution in [0.15, 0.2) is 18.2 Å². The van der Waals surface area contributed by atoms with Gasteiger partial charge in [0.25, 0.3) is 0 Å². The Morgan fingerprint density at radius 1 is 1.40 bits per heavy atom. The van der Waals surface area contributed by atoms with Gasteiger partial charge in [0.15, 0.2) is 0 Å². The van der Waals surface area contributed by atoms with Crippen LogP contribution >= 0.6 is 0 Å². The van der Waals surface area contributed by atoms with Gasteiger partial charge < -0.3 is 15.8 Å². The number of rotatable bonds is 6. The van der Waals surface area contributed by atoms with E-state index in [-0.39, 0.29) is 11.4 Å². The van der Waals surface area contributed by atoms with E-state index in [1.807, 2.05) is 0 Å². The second-order valence-corrected chi connectivity index (χ2v) is 6.02. The number of hydrogen-bond donors (Lipinski definition) is 2. The summed E-state index contributed by atoms with van der Waals surface area (Å²) in [5, 5.41) is 3.34. The van der Waals surface area contributed by atoms with Gasteiger partial charge in [-0.3, -0.25) is 0 Å². The normalized spacial score (nSPS) is 11.5. The van der Waals surface area contributed by atoms with Gasteiger partial charge in [0.1, 0.15) is 0 Å². The molecule has 1 aromatic carbocycles. The summed E-state index contributed by atoms with van der Waals surface area (Å²) in [5.41, 5.74) is 8.04. The summed E-state index contributed by atoms with van der Waals surface area (Å²) >= 11 is 0. The maximum Gasteiger partial charge on any atom is 0.338 e. The molecule has 0 unspecified atom stereocenters. The van der Waals surface area contributed by atoms with Gasteiger partial charge >= 0.3 is 5.97 Å². The number of benzene rings is 1. The van der Waals surface area contributed by atoms with Crippen molar-refractivity contribution in [3.8, 4) is 0 Å². The minimum Gasteiger partial charge on any atom is -0.462 e. The molecule has 0 fully saturated rings. The molecule has 0 radical (unpaired) electrons. The van der Waals surface area contributed by atoms with Gasteiger partial charge in [-0.25, -0.2) is 4.79 Å². The Hall–Kier alpha value is -1.71. The Bertz CT molecular complexity index is 468. The van der Waals surface area contributed by atoms with Gasteiger partial charge in [0.2, 0.25) is 0 Å². The highest BCUT2D eigenvalue weighted by Gasteiger charge is 2.22. The van der Waals surface area contributed by atoms with Gasteiger partial charge in [0.05, 0.1) is 23.5 Å². The third-order valence-electron chi connectivity index (χ3n) is 3.86. The van der Waals surface area contributed by atoms with Crippen molar-refractivity contribution < 1.29 is 9.53 Å². The van der Waals surface area contributed by atoms with Crippen LogP contribution in [0.1, 0.15) is 45.0 Å². The highest BCUT2D eigenvalue weighted by molar-refractivity contribution is 5.92. The zero-order valence-corrected chi connectivity index (χ0v) is 13.1. The molecule has 0 aliphatic heterocycles. The van der Waals surface area contributed by atoms with Crippen LogP contribution in [-0.2, 0) is 4.74 Å². The summed E-state index contributed by atoms with van der Waals surface area (Å²) < 4.78 is 5.00. The fraction of sp³-hybridized carbons (Fsp3) is 0.562. The van der Waals surface area contributed by atoms with Crippen LogP contribution in [0.2, 0.25) is 0 Å². The molecule has 0 heterocycles. The van der Waals surface area contributed by atoms with Gasteiger partial charge in [0, 0.05) is 6.54 Å². The van der Waals surface area contributed by atoms with E-state index in [1.54, 1.807) is 25.1 Å². The summed E-state index contributed by atoms with van der Waals surface area (Å²) in [6.07, 6.45) is 0. The number of nitrogens with two attached hydrogens (primary N) is 1. The summed E-state index contributed by atoms with van der Waals surface area (Å²) in [6.45, 7) is 11.7. The molecule has 20 heavy (non-hydrogen) atoms. The maximum atomic E-state index is 11.7. The van der Waals surface area contributed by atoms with Crippen LogP contribution in [-0.4, -0.2) is 19.1 Å². The molecule has 0 aliphatic rings. The van der Waals surface area contributed by atoms with Crippen molar-refractivity contribution in [1.82, 2.24) is 0 Å². The number of nitrogen functional groups attached to an aromatic ring is 1. The number of hydrogen-bond acceptors (Lipinski definition) is 4. The first-order valence-corrected chi connectivity index (χ1v) is 7.08. The zero-order chi connectivity index (χ0) is 15.3. The van der Waals surface area contributed by atoms with Crippen LogP contribution in [0.25, 0.3) is 0 Å². The predicted octanol–water partition coefficient (Wildman–Crippen LogP) is 3.54. The third kappa shape index (κ3) is 4.15. The lowest BCUT2D eigenvalue weighted by Crippen LogP contribution is -2.28.